The van der Waals surface area contributed by atoms with E-state index in [0.717, 1.165) is 32.5 Å². The Morgan fingerprint density at radius 1 is 1.13 bits per heavy atom. The van der Waals surface area contributed by atoms with Gasteiger partial charge in [0.25, 0.3) is 5.91 Å². The molecule has 23 heavy (non-hydrogen) atoms. The Bertz CT molecular complexity index is 590. The largest absolute Gasteiger partial charge is 0.381 e. The Hall–Kier alpha value is -1.90. The third kappa shape index (κ3) is 3.72. The minimum atomic E-state index is -0.161. The third-order valence-corrected chi connectivity index (χ3v) is 4.88. The van der Waals surface area contributed by atoms with Crippen LogP contribution in [0.25, 0.3) is 0 Å². The van der Waals surface area contributed by atoms with Crippen molar-refractivity contribution in [1.82, 2.24) is 5.32 Å². The third-order valence-electron chi connectivity index (χ3n) is 4.88. The lowest BCUT2D eigenvalue weighted by Gasteiger charge is -2.39. The van der Waals surface area contributed by atoms with Crippen LogP contribution in [-0.4, -0.2) is 38.4 Å². The van der Waals surface area contributed by atoms with Gasteiger partial charge in [-0.1, -0.05) is 12.1 Å². The molecule has 2 aliphatic rings. The number of nitrogens with zero attached hydrogens (tertiary/aromatic N) is 1. The van der Waals surface area contributed by atoms with Crippen LogP contribution in [0.3, 0.4) is 0 Å². The number of benzene rings is 1. The molecule has 0 saturated carbocycles. The topological polar surface area (TPSA) is 71.4 Å². The number of carbonyl (C=O) groups excluding carboxylic acids is 1. The molecule has 2 fully saturated rings. The Balaban J connectivity index is 1.71. The highest BCUT2D eigenvalue weighted by atomic mass is 16.5. The number of nitrogens with one attached hydrogen (secondary N) is 1. The molecule has 1 aromatic rings. The van der Waals surface area contributed by atoms with Gasteiger partial charge < -0.3 is 14.8 Å². The van der Waals surface area contributed by atoms with E-state index >= 15 is 0 Å². The average molecular weight is 314 g/mol. The van der Waals surface area contributed by atoms with Gasteiger partial charge >= 0.3 is 0 Å². The van der Waals surface area contributed by atoms with Crippen LogP contribution >= 0.6 is 0 Å². The fourth-order valence-corrected chi connectivity index (χ4v) is 3.57. The number of hydrogen-bond acceptors (Lipinski definition) is 4. The molecule has 0 radical (unpaired) electrons. The maximum atomic E-state index is 12.6. The molecule has 0 bridgehead atoms. The average Bonchev–Trinajstić information content (AvgIpc) is 2.63. The highest BCUT2D eigenvalue weighted by Crippen LogP contribution is 2.30. The van der Waals surface area contributed by atoms with Gasteiger partial charge in [-0.25, -0.2) is 0 Å². The zero-order chi connectivity index (χ0) is 16.1. The van der Waals surface area contributed by atoms with Crippen LogP contribution < -0.4 is 5.32 Å². The molecule has 2 atom stereocenters. The second-order valence-corrected chi connectivity index (χ2v) is 6.21. The summed E-state index contributed by atoms with van der Waals surface area (Å²) >= 11 is 0. The summed E-state index contributed by atoms with van der Waals surface area (Å²) in [5.41, 5.74) is 0.867. The highest BCUT2D eigenvalue weighted by molar-refractivity contribution is 5.96. The number of amides is 1. The van der Waals surface area contributed by atoms with Gasteiger partial charge in [0.15, 0.2) is 0 Å². The van der Waals surface area contributed by atoms with E-state index in [1.54, 1.807) is 24.3 Å². The second-order valence-electron chi connectivity index (χ2n) is 6.21. The van der Waals surface area contributed by atoms with Crippen molar-refractivity contribution in [2.45, 2.75) is 25.3 Å². The van der Waals surface area contributed by atoms with Crippen LogP contribution in [0.1, 0.15) is 35.2 Å². The standard InChI is InChI=1S/C18H22N2O3/c19-11-14-3-1-2-4-15(14)18(21)20-17-7-10-23-12-16(17)13-5-8-22-9-6-13/h1-4,13,16-17H,5-10,12H2,(H,20,21)/t16-,17-/m0/s1. The summed E-state index contributed by atoms with van der Waals surface area (Å²) in [5, 5.41) is 12.3. The molecule has 1 aromatic carbocycles. The molecule has 1 amide bonds. The summed E-state index contributed by atoms with van der Waals surface area (Å²) in [6.45, 7) is 2.94. The Morgan fingerprint density at radius 3 is 2.65 bits per heavy atom. The molecular weight excluding hydrogens is 292 g/mol. The summed E-state index contributed by atoms with van der Waals surface area (Å²) < 4.78 is 11.1. The van der Waals surface area contributed by atoms with E-state index in [1.807, 2.05) is 0 Å². The van der Waals surface area contributed by atoms with Crippen LogP contribution in [0.2, 0.25) is 0 Å². The van der Waals surface area contributed by atoms with Gasteiger partial charge in [-0.05, 0) is 37.3 Å². The first kappa shape index (κ1) is 16.0. The monoisotopic (exact) mass is 314 g/mol. The fraction of sp³-hybridized carbons (Fsp3) is 0.556. The molecule has 3 rings (SSSR count). The quantitative estimate of drug-likeness (QED) is 0.927. The van der Waals surface area contributed by atoms with Crippen molar-refractivity contribution < 1.29 is 14.3 Å². The molecule has 2 saturated heterocycles. The second kappa shape index (κ2) is 7.58. The number of rotatable bonds is 3. The van der Waals surface area contributed by atoms with Crippen molar-refractivity contribution in [3.05, 3.63) is 35.4 Å². The summed E-state index contributed by atoms with van der Waals surface area (Å²) in [6.07, 6.45) is 2.87. The normalized spacial score (nSPS) is 25.5. The predicted octanol–water partition coefficient (Wildman–Crippen LogP) is 2.12. The van der Waals surface area contributed by atoms with E-state index < -0.39 is 0 Å². The van der Waals surface area contributed by atoms with Crippen molar-refractivity contribution >= 4 is 5.91 Å². The molecule has 0 aliphatic carbocycles. The van der Waals surface area contributed by atoms with Crippen LogP contribution in [-0.2, 0) is 9.47 Å². The van der Waals surface area contributed by atoms with Crippen LogP contribution in [0.4, 0.5) is 0 Å². The smallest absolute Gasteiger partial charge is 0.252 e. The molecule has 122 valence electrons. The predicted molar refractivity (Wildman–Crippen MR) is 84.9 cm³/mol. The van der Waals surface area contributed by atoms with Gasteiger partial charge in [-0.2, -0.15) is 5.26 Å². The molecule has 5 heteroatoms. The van der Waals surface area contributed by atoms with Crippen molar-refractivity contribution in [2.24, 2.45) is 11.8 Å². The molecule has 0 unspecified atom stereocenters. The van der Waals surface area contributed by atoms with Crippen LogP contribution in [0.5, 0.6) is 0 Å². The zero-order valence-electron chi connectivity index (χ0n) is 13.2. The van der Waals surface area contributed by atoms with Crippen LogP contribution in [0, 0.1) is 23.2 Å². The molecule has 2 aliphatic heterocycles. The molecule has 0 spiro atoms. The molecule has 5 nitrogen and oxygen atoms in total. The summed E-state index contributed by atoms with van der Waals surface area (Å²) in [5.74, 6) is 0.692. The van der Waals surface area contributed by atoms with Gasteiger partial charge in [-0.15, -0.1) is 0 Å². The van der Waals surface area contributed by atoms with Crippen molar-refractivity contribution in [3.63, 3.8) is 0 Å². The minimum Gasteiger partial charge on any atom is -0.381 e. The maximum absolute atomic E-state index is 12.6. The SMILES string of the molecule is N#Cc1ccccc1C(=O)N[C@H]1CCOC[C@H]1C1CCOCC1. The lowest BCUT2D eigenvalue weighted by Crippen LogP contribution is -2.49. The van der Waals surface area contributed by atoms with E-state index in [4.69, 9.17) is 14.7 Å². The number of hydrogen-bond donors (Lipinski definition) is 1. The maximum Gasteiger partial charge on any atom is 0.252 e. The van der Waals surface area contributed by atoms with Crippen molar-refractivity contribution in [1.29, 1.82) is 5.26 Å². The lowest BCUT2D eigenvalue weighted by atomic mass is 9.79. The Labute approximate surface area is 136 Å². The van der Waals surface area contributed by atoms with E-state index in [9.17, 15) is 4.79 Å². The van der Waals surface area contributed by atoms with E-state index in [-0.39, 0.29) is 11.9 Å². The van der Waals surface area contributed by atoms with Gasteiger partial charge in [0.1, 0.15) is 0 Å². The summed E-state index contributed by atoms with van der Waals surface area (Å²) in [6, 6.07) is 9.13. The summed E-state index contributed by atoms with van der Waals surface area (Å²) in [7, 11) is 0. The Kier molecular flexibility index (Phi) is 5.27. The van der Waals surface area contributed by atoms with Gasteiger partial charge in [0, 0.05) is 31.8 Å². The molecule has 2 heterocycles. The first-order valence-electron chi connectivity index (χ1n) is 8.25. The molecular formula is C18H22N2O3. The van der Waals surface area contributed by atoms with Gasteiger partial charge in [0.05, 0.1) is 23.8 Å². The highest BCUT2D eigenvalue weighted by Gasteiger charge is 2.34. The minimum absolute atomic E-state index is 0.103. The first-order valence-corrected chi connectivity index (χ1v) is 8.25. The van der Waals surface area contributed by atoms with Crippen molar-refractivity contribution in [3.8, 4) is 6.07 Å². The van der Waals surface area contributed by atoms with E-state index in [1.165, 1.54) is 0 Å². The fourth-order valence-electron chi connectivity index (χ4n) is 3.57. The first-order chi connectivity index (χ1) is 11.3. The Morgan fingerprint density at radius 2 is 1.87 bits per heavy atom. The number of ether oxygens (including phenoxy) is 2. The van der Waals surface area contributed by atoms with Crippen molar-refractivity contribution in [2.75, 3.05) is 26.4 Å². The van der Waals surface area contributed by atoms with E-state index in [2.05, 4.69) is 11.4 Å². The van der Waals surface area contributed by atoms with Gasteiger partial charge in [-0.3, -0.25) is 4.79 Å². The number of carbonyl (C=O) groups is 1. The van der Waals surface area contributed by atoms with E-state index in [0.29, 0.717) is 36.2 Å². The molecule has 1 N–H and O–H groups in total. The van der Waals surface area contributed by atoms with Crippen LogP contribution in [0.15, 0.2) is 24.3 Å². The lowest BCUT2D eigenvalue weighted by molar-refractivity contribution is -0.0259. The molecule has 0 aromatic heterocycles. The number of nitriles is 1. The summed E-state index contributed by atoms with van der Waals surface area (Å²) in [4.78, 5) is 12.6. The zero-order valence-corrected chi connectivity index (χ0v) is 13.2. The van der Waals surface area contributed by atoms with Gasteiger partial charge in [0.2, 0.25) is 0 Å².